The van der Waals surface area contributed by atoms with Gasteiger partial charge in [-0.15, -0.1) is 11.3 Å². The second-order valence-electron chi connectivity index (χ2n) is 4.93. The van der Waals surface area contributed by atoms with Crippen molar-refractivity contribution in [3.63, 3.8) is 0 Å². The van der Waals surface area contributed by atoms with Crippen LogP contribution in [0.2, 0.25) is 0 Å². The average Bonchev–Trinajstić information content (AvgIpc) is 2.66. The van der Waals surface area contributed by atoms with E-state index in [-0.39, 0.29) is 16.9 Å². The molecule has 1 aromatic rings. The first-order valence-corrected chi connectivity index (χ1v) is 7.49. The zero-order valence-corrected chi connectivity index (χ0v) is 13.7. The van der Waals surface area contributed by atoms with Crippen molar-refractivity contribution < 1.29 is 4.79 Å². The SMILES string of the molecule is CCC(C)(C(=O)NC(C)c1sc(C)nc1C)C(N)=S. The topological polar surface area (TPSA) is 68.0 Å². The van der Waals surface area contributed by atoms with Gasteiger partial charge in [-0.1, -0.05) is 19.1 Å². The van der Waals surface area contributed by atoms with Crippen LogP contribution < -0.4 is 11.1 Å². The Morgan fingerprint density at radius 3 is 2.53 bits per heavy atom. The molecule has 2 atom stereocenters. The summed E-state index contributed by atoms with van der Waals surface area (Å²) in [6.07, 6.45) is 0.585. The van der Waals surface area contributed by atoms with Gasteiger partial charge in [-0.25, -0.2) is 4.98 Å². The van der Waals surface area contributed by atoms with E-state index in [1.54, 1.807) is 18.3 Å². The number of carbonyl (C=O) groups excluding carboxylic acids is 1. The maximum atomic E-state index is 12.3. The maximum Gasteiger partial charge on any atom is 0.233 e. The van der Waals surface area contributed by atoms with Crippen molar-refractivity contribution in [2.24, 2.45) is 11.1 Å². The highest BCUT2D eigenvalue weighted by Crippen LogP contribution is 2.27. The second-order valence-corrected chi connectivity index (χ2v) is 6.60. The molecule has 6 heteroatoms. The molecular weight excluding hydrogens is 278 g/mol. The molecule has 1 aromatic heterocycles. The van der Waals surface area contributed by atoms with Gasteiger partial charge in [0.2, 0.25) is 5.91 Å². The first-order chi connectivity index (χ1) is 8.72. The van der Waals surface area contributed by atoms with Crippen LogP contribution in [0.15, 0.2) is 0 Å². The van der Waals surface area contributed by atoms with Gasteiger partial charge in [-0.05, 0) is 34.1 Å². The van der Waals surface area contributed by atoms with Crippen LogP contribution >= 0.6 is 23.6 Å². The monoisotopic (exact) mass is 299 g/mol. The summed E-state index contributed by atoms with van der Waals surface area (Å²) in [5.74, 6) is -0.125. The lowest BCUT2D eigenvalue weighted by molar-refractivity contribution is -0.127. The van der Waals surface area contributed by atoms with E-state index in [0.29, 0.717) is 6.42 Å². The number of rotatable bonds is 5. The molecular formula is C13H21N3OS2. The van der Waals surface area contributed by atoms with Crippen molar-refractivity contribution in [1.29, 1.82) is 0 Å². The van der Waals surface area contributed by atoms with Crippen LogP contribution in [0.25, 0.3) is 0 Å². The molecule has 0 fully saturated rings. The number of amides is 1. The number of aromatic nitrogens is 1. The molecule has 0 radical (unpaired) electrons. The minimum absolute atomic E-state index is 0.0843. The largest absolute Gasteiger partial charge is 0.392 e. The van der Waals surface area contributed by atoms with E-state index in [9.17, 15) is 4.79 Å². The number of hydrogen-bond acceptors (Lipinski definition) is 4. The van der Waals surface area contributed by atoms with E-state index in [2.05, 4.69) is 10.3 Å². The summed E-state index contributed by atoms with van der Waals surface area (Å²) in [6.45, 7) is 9.55. The number of nitrogens with two attached hydrogens (primary N) is 1. The predicted octanol–water partition coefficient (Wildman–Crippen LogP) is 2.64. The number of carbonyl (C=O) groups is 1. The molecule has 4 nitrogen and oxygen atoms in total. The summed E-state index contributed by atoms with van der Waals surface area (Å²) in [5, 5.41) is 3.99. The van der Waals surface area contributed by atoms with Gasteiger partial charge in [-0.2, -0.15) is 0 Å². The highest BCUT2D eigenvalue weighted by Gasteiger charge is 2.35. The third kappa shape index (κ3) is 3.30. The Labute approximate surface area is 123 Å². The number of nitrogens with one attached hydrogen (secondary N) is 1. The smallest absolute Gasteiger partial charge is 0.233 e. The van der Waals surface area contributed by atoms with Gasteiger partial charge in [0, 0.05) is 4.88 Å². The molecule has 3 N–H and O–H groups in total. The van der Waals surface area contributed by atoms with Crippen LogP contribution in [0.1, 0.15) is 48.8 Å². The van der Waals surface area contributed by atoms with Gasteiger partial charge < -0.3 is 11.1 Å². The zero-order valence-electron chi connectivity index (χ0n) is 12.0. The summed E-state index contributed by atoms with van der Waals surface area (Å²) >= 11 is 6.61. The highest BCUT2D eigenvalue weighted by molar-refractivity contribution is 7.80. The van der Waals surface area contributed by atoms with Gasteiger partial charge in [0.05, 0.1) is 27.1 Å². The van der Waals surface area contributed by atoms with Crippen molar-refractivity contribution in [1.82, 2.24) is 10.3 Å². The van der Waals surface area contributed by atoms with Crippen molar-refractivity contribution >= 4 is 34.5 Å². The third-order valence-electron chi connectivity index (χ3n) is 3.43. The maximum absolute atomic E-state index is 12.3. The minimum atomic E-state index is -0.794. The zero-order chi connectivity index (χ0) is 14.8. The van der Waals surface area contributed by atoms with E-state index in [1.807, 2.05) is 27.7 Å². The Morgan fingerprint density at radius 1 is 1.58 bits per heavy atom. The Morgan fingerprint density at radius 2 is 2.16 bits per heavy atom. The number of aryl methyl sites for hydroxylation is 2. The van der Waals surface area contributed by atoms with Crippen LogP contribution in [0, 0.1) is 19.3 Å². The molecule has 19 heavy (non-hydrogen) atoms. The van der Waals surface area contributed by atoms with Crippen LogP contribution in [0.4, 0.5) is 0 Å². The Balaban J connectivity index is 2.88. The minimum Gasteiger partial charge on any atom is -0.392 e. The highest BCUT2D eigenvalue weighted by atomic mass is 32.1. The summed E-state index contributed by atoms with van der Waals surface area (Å²) in [6, 6.07) is -0.0843. The number of thiazole rings is 1. The Kier molecular flexibility index (Phi) is 5.04. The lowest BCUT2D eigenvalue weighted by atomic mass is 9.86. The van der Waals surface area contributed by atoms with Crippen molar-refractivity contribution in [3.05, 3.63) is 15.6 Å². The third-order valence-corrected chi connectivity index (χ3v) is 5.14. The lowest BCUT2D eigenvalue weighted by Gasteiger charge is -2.27. The Bertz CT molecular complexity index is 498. The fourth-order valence-corrected chi connectivity index (χ4v) is 2.98. The van der Waals surface area contributed by atoms with Crippen molar-refractivity contribution in [3.8, 4) is 0 Å². The summed E-state index contributed by atoms with van der Waals surface area (Å²) in [4.78, 5) is 18.0. The van der Waals surface area contributed by atoms with E-state index in [0.717, 1.165) is 15.6 Å². The molecule has 2 unspecified atom stereocenters. The second kappa shape index (κ2) is 5.96. The van der Waals surface area contributed by atoms with Crippen LogP contribution in [-0.2, 0) is 4.79 Å². The Hall–Kier alpha value is -1.01. The van der Waals surface area contributed by atoms with E-state index < -0.39 is 5.41 Å². The van der Waals surface area contributed by atoms with Gasteiger partial charge in [0.25, 0.3) is 0 Å². The quantitative estimate of drug-likeness (QED) is 0.820. The molecule has 1 rings (SSSR count). The molecule has 0 aliphatic heterocycles. The van der Waals surface area contributed by atoms with Crippen LogP contribution in [-0.4, -0.2) is 15.9 Å². The molecule has 0 bridgehead atoms. The summed E-state index contributed by atoms with van der Waals surface area (Å²) in [7, 11) is 0. The molecule has 0 spiro atoms. The van der Waals surface area contributed by atoms with Gasteiger partial charge in [-0.3, -0.25) is 4.79 Å². The molecule has 1 amide bonds. The first-order valence-electron chi connectivity index (χ1n) is 6.27. The van der Waals surface area contributed by atoms with Crippen molar-refractivity contribution in [2.45, 2.75) is 47.1 Å². The fraction of sp³-hybridized carbons (Fsp3) is 0.615. The van der Waals surface area contributed by atoms with Gasteiger partial charge in [0.1, 0.15) is 0 Å². The lowest BCUT2D eigenvalue weighted by Crippen LogP contribution is -2.47. The van der Waals surface area contributed by atoms with Gasteiger partial charge >= 0.3 is 0 Å². The van der Waals surface area contributed by atoms with Crippen LogP contribution in [0.5, 0.6) is 0 Å². The molecule has 0 saturated carbocycles. The first kappa shape index (κ1) is 16.0. The standard InChI is InChI=1S/C13H21N3OS2/c1-6-13(5,11(14)18)12(17)16-8(3)10-7(2)15-9(4)19-10/h8H,6H2,1-5H3,(H2,14,18)(H,16,17). The van der Waals surface area contributed by atoms with E-state index in [4.69, 9.17) is 18.0 Å². The number of thiocarbonyl (C=S) groups is 1. The number of nitrogens with zero attached hydrogens (tertiary/aromatic N) is 1. The average molecular weight is 299 g/mol. The van der Waals surface area contributed by atoms with E-state index >= 15 is 0 Å². The predicted molar refractivity (Wildman–Crippen MR) is 83.3 cm³/mol. The van der Waals surface area contributed by atoms with Gasteiger partial charge in [0.15, 0.2) is 0 Å². The molecule has 0 saturated heterocycles. The normalized spacial score (nSPS) is 15.6. The summed E-state index contributed by atoms with van der Waals surface area (Å²) < 4.78 is 0. The molecule has 0 aromatic carbocycles. The fourth-order valence-electron chi connectivity index (χ4n) is 1.82. The molecule has 0 aliphatic rings. The number of hydrogen-bond donors (Lipinski definition) is 2. The molecule has 1 heterocycles. The summed E-state index contributed by atoms with van der Waals surface area (Å²) in [5.41, 5.74) is 5.86. The van der Waals surface area contributed by atoms with Crippen molar-refractivity contribution in [2.75, 3.05) is 0 Å². The van der Waals surface area contributed by atoms with Crippen LogP contribution in [0.3, 0.4) is 0 Å². The molecule has 106 valence electrons. The molecule has 0 aliphatic carbocycles. The van der Waals surface area contributed by atoms with E-state index in [1.165, 1.54) is 0 Å².